The van der Waals surface area contributed by atoms with E-state index in [4.69, 9.17) is 24.1 Å². The summed E-state index contributed by atoms with van der Waals surface area (Å²) in [7, 11) is 0. The molecule has 4 N–H and O–H groups in total. The maximum Gasteiger partial charge on any atom is 0.328 e. The van der Waals surface area contributed by atoms with E-state index < -0.39 is 42.5 Å². The number of ether oxygens (including phenoxy) is 4. The Morgan fingerprint density at radius 3 is 2.39 bits per heavy atom. The highest BCUT2D eigenvalue weighted by Gasteiger charge is 2.58. The Labute approximate surface area is 214 Å². The summed E-state index contributed by atoms with van der Waals surface area (Å²) < 4.78 is 25.5. The van der Waals surface area contributed by atoms with Gasteiger partial charge in [0.1, 0.15) is 6.10 Å². The average Bonchev–Trinajstić information content (AvgIpc) is 2.81. The summed E-state index contributed by atoms with van der Waals surface area (Å²) >= 11 is 0. The Bertz CT molecular complexity index is 788. The molecule has 0 aromatic heterocycles. The lowest BCUT2D eigenvalue weighted by Gasteiger charge is -2.57. The molecule has 13 atom stereocenters. The predicted octanol–water partition coefficient (Wildman–Crippen LogP) is 2.62. The van der Waals surface area contributed by atoms with Crippen molar-refractivity contribution in [3.63, 3.8) is 0 Å². The quantitative estimate of drug-likeness (QED) is 0.300. The fourth-order valence-electron chi connectivity index (χ4n) is 6.03. The number of allylic oxidation sites excluding steroid dienone is 2. The molecule has 0 aromatic rings. The molecule has 0 unspecified atom stereocenters. The predicted molar refractivity (Wildman–Crippen MR) is 132 cm³/mol. The molecular weight excluding hydrogens is 468 g/mol. The number of hydrogen-bond acceptors (Lipinski definition) is 8. The van der Waals surface area contributed by atoms with Crippen molar-refractivity contribution in [2.24, 2.45) is 23.7 Å². The number of carboxylic acids is 1. The van der Waals surface area contributed by atoms with E-state index in [1.165, 1.54) is 6.08 Å². The van der Waals surface area contributed by atoms with E-state index in [0.717, 1.165) is 12.5 Å². The number of aliphatic hydroxyl groups is 3. The van der Waals surface area contributed by atoms with E-state index >= 15 is 0 Å². The maximum absolute atomic E-state index is 11.2. The lowest BCUT2D eigenvalue weighted by Crippen LogP contribution is -2.65. The molecule has 1 spiro atoms. The van der Waals surface area contributed by atoms with Gasteiger partial charge in [0, 0.05) is 42.6 Å². The van der Waals surface area contributed by atoms with Crippen LogP contribution in [0.1, 0.15) is 60.8 Å². The van der Waals surface area contributed by atoms with Crippen LogP contribution < -0.4 is 0 Å². The van der Waals surface area contributed by atoms with Crippen LogP contribution in [0.3, 0.4) is 0 Å². The van der Waals surface area contributed by atoms with Crippen LogP contribution in [0.4, 0.5) is 0 Å². The molecule has 0 bridgehead atoms. The molecular formula is C27H44O9. The highest BCUT2D eigenvalue weighted by atomic mass is 16.7. The van der Waals surface area contributed by atoms with Gasteiger partial charge in [0.25, 0.3) is 0 Å². The minimum absolute atomic E-state index is 0.0581. The summed E-state index contributed by atoms with van der Waals surface area (Å²) in [6.45, 7) is 11.6. The van der Waals surface area contributed by atoms with Gasteiger partial charge < -0.3 is 39.4 Å². The van der Waals surface area contributed by atoms with Crippen molar-refractivity contribution >= 4 is 5.97 Å². The number of aliphatic hydroxyl groups excluding tert-OH is 3. The number of hydrogen-bond donors (Lipinski definition) is 4. The zero-order valence-electron chi connectivity index (χ0n) is 22.2. The van der Waals surface area contributed by atoms with Crippen LogP contribution >= 0.6 is 0 Å². The zero-order valence-corrected chi connectivity index (χ0v) is 22.2. The van der Waals surface area contributed by atoms with E-state index in [-0.39, 0.29) is 48.4 Å². The van der Waals surface area contributed by atoms with Gasteiger partial charge in [-0.3, -0.25) is 0 Å². The van der Waals surface area contributed by atoms with Crippen LogP contribution in [0.2, 0.25) is 0 Å². The monoisotopic (exact) mass is 512 g/mol. The first-order chi connectivity index (χ1) is 16.9. The molecule has 0 radical (unpaired) electrons. The summed E-state index contributed by atoms with van der Waals surface area (Å²) in [6.07, 6.45) is 2.80. The second-order valence-corrected chi connectivity index (χ2v) is 10.8. The van der Waals surface area contributed by atoms with Crippen LogP contribution in [0, 0.1) is 23.7 Å². The molecule has 3 rings (SSSR count). The Kier molecular flexibility index (Phi) is 9.76. The van der Waals surface area contributed by atoms with Gasteiger partial charge in [0.2, 0.25) is 0 Å². The van der Waals surface area contributed by atoms with Crippen LogP contribution in [0.15, 0.2) is 24.3 Å². The summed E-state index contributed by atoms with van der Waals surface area (Å²) in [5, 5.41) is 40.3. The second kappa shape index (κ2) is 12.0. The molecule has 3 heterocycles. The van der Waals surface area contributed by atoms with Crippen LogP contribution in [0.5, 0.6) is 0 Å². The first-order valence-electron chi connectivity index (χ1n) is 13.2. The number of carboxylic acid groups (broad SMARTS) is 1. The van der Waals surface area contributed by atoms with Crippen molar-refractivity contribution < 1.29 is 44.2 Å². The van der Waals surface area contributed by atoms with E-state index in [2.05, 4.69) is 6.92 Å². The zero-order chi connectivity index (χ0) is 26.8. The molecule has 36 heavy (non-hydrogen) atoms. The van der Waals surface area contributed by atoms with Crippen LogP contribution in [0.25, 0.3) is 0 Å². The molecule has 0 amide bonds. The molecule has 3 saturated heterocycles. The van der Waals surface area contributed by atoms with E-state index in [1.807, 2.05) is 33.8 Å². The molecule has 0 saturated carbocycles. The molecule has 9 nitrogen and oxygen atoms in total. The third-order valence-corrected chi connectivity index (χ3v) is 8.31. The van der Waals surface area contributed by atoms with Gasteiger partial charge in [-0.15, -0.1) is 0 Å². The standard InChI is InChI=1S/C27H44O9/c1-7-19-17(5)35-27(13-21(19)34-23-12-20(28)25(32)18(6)33-23)16(4)24(31)15(3)26(36-27)14(2)10-8-9-11-22(29)30/h8-11,14-21,23-26,28,31-32H,7,12-13H2,1-6H3,(H,29,30)/b10-8+,11-9+/t14-,15-,16-,17+,18-,19+,20-,21+,23-,24+,25+,26-,27+/m0/s1. The Morgan fingerprint density at radius 1 is 1.08 bits per heavy atom. The summed E-state index contributed by atoms with van der Waals surface area (Å²) in [5.41, 5.74) is 0. The van der Waals surface area contributed by atoms with E-state index in [0.29, 0.717) is 6.42 Å². The highest BCUT2D eigenvalue weighted by molar-refractivity contribution is 5.80. The molecule has 3 aliphatic heterocycles. The molecule has 0 aromatic carbocycles. The fraction of sp³-hybridized carbons (Fsp3) is 0.815. The van der Waals surface area contributed by atoms with Gasteiger partial charge in [-0.05, 0) is 20.3 Å². The summed E-state index contributed by atoms with van der Waals surface area (Å²) in [5.74, 6) is -2.64. The lowest BCUT2D eigenvalue weighted by molar-refractivity contribution is -0.392. The summed E-state index contributed by atoms with van der Waals surface area (Å²) in [6, 6.07) is 0. The number of aliphatic carboxylic acids is 1. The van der Waals surface area contributed by atoms with Crippen LogP contribution in [-0.2, 0) is 23.7 Å². The number of rotatable bonds is 7. The van der Waals surface area contributed by atoms with Gasteiger partial charge in [-0.25, -0.2) is 4.79 Å². The van der Waals surface area contributed by atoms with Gasteiger partial charge in [-0.2, -0.15) is 0 Å². The Morgan fingerprint density at radius 2 is 1.78 bits per heavy atom. The minimum atomic E-state index is -1.08. The van der Waals surface area contributed by atoms with Gasteiger partial charge in [0.15, 0.2) is 12.1 Å². The van der Waals surface area contributed by atoms with Crippen molar-refractivity contribution in [1.29, 1.82) is 0 Å². The largest absolute Gasteiger partial charge is 0.478 e. The van der Waals surface area contributed by atoms with Crippen molar-refractivity contribution in [1.82, 2.24) is 0 Å². The normalized spacial score (nSPS) is 47.0. The third kappa shape index (κ3) is 6.20. The molecule has 206 valence electrons. The van der Waals surface area contributed by atoms with Crippen molar-refractivity contribution in [2.75, 3.05) is 0 Å². The maximum atomic E-state index is 11.2. The molecule has 9 heteroatoms. The number of carbonyl (C=O) groups is 1. The minimum Gasteiger partial charge on any atom is -0.478 e. The lowest BCUT2D eigenvalue weighted by atomic mass is 9.73. The Balaban J connectivity index is 1.82. The van der Waals surface area contributed by atoms with Crippen LogP contribution in [-0.4, -0.2) is 81.2 Å². The van der Waals surface area contributed by atoms with Gasteiger partial charge in [0.05, 0.1) is 36.6 Å². The second-order valence-electron chi connectivity index (χ2n) is 10.8. The van der Waals surface area contributed by atoms with Crippen molar-refractivity contribution in [3.05, 3.63) is 24.3 Å². The van der Waals surface area contributed by atoms with E-state index in [1.54, 1.807) is 13.0 Å². The van der Waals surface area contributed by atoms with E-state index in [9.17, 15) is 20.1 Å². The smallest absolute Gasteiger partial charge is 0.328 e. The van der Waals surface area contributed by atoms with Gasteiger partial charge >= 0.3 is 5.97 Å². The molecule has 3 aliphatic rings. The van der Waals surface area contributed by atoms with Crippen molar-refractivity contribution in [2.45, 2.75) is 116 Å². The SMILES string of the molecule is CC[C@@H]1[C@@H](C)O[C@]2(C[C@H]1O[C@H]1C[C@H](O)[C@H](O)[C@H](C)O1)O[C@@H]([C@@H](C)/C=C/C=C/C(=O)O)[C@@H](C)[C@@H](O)[C@@H]2C. The molecule has 0 aliphatic carbocycles. The van der Waals surface area contributed by atoms with Crippen molar-refractivity contribution in [3.8, 4) is 0 Å². The third-order valence-electron chi connectivity index (χ3n) is 8.31. The molecule has 3 fully saturated rings. The first-order valence-corrected chi connectivity index (χ1v) is 13.2. The average molecular weight is 513 g/mol. The van der Waals surface area contributed by atoms with Gasteiger partial charge in [-0.1, -0.05) is 45.9 Å². The fourth-order valence-corrected chi connectivity index (χ4v) is 6.03. The Hall–Kier alpha value is -1.33. The highest BCUT2D eigenvalue weighted by Crippen LogP contribution is 2.49. The summed E-state index contributed by atoms with van der Waals surface area (Å²) in [4.78, 5) is 10.7. The first kappa shape index (κ1) is 29.2. The topological polar surface area (TPSA) is 135 Å².